The van der Waals surface area contributed by atoms with Gasteiger partial charge in [-0.3, -0.25) is 9.59 Å². The van der Waals surface area contributed by atoms with Crippen LogP contribution in [0, 0.1) is 11.8 Å². The molecule has 1 aromatic carbocycles. The van der Waals surface area contributed by atoms with Crippen LogP contribution in [0.25, 0.3) is 0 Å². The van der Waals surface area contributed by atoms with E-state index in [-0.39, 0.29) is 23.8 Å². The SMILES string of the molecule is CC(NC(=O)CC1CCCCC1)c1ccc(NC(=O)C2CC2)cc1. The Labute approximate surface area is 144 Å². The largest absolute Gasteiger partial charge is 0.350 e. The zero-order chi connectivity index (χ0) is 16.9. The fourth-order valence-electron chi connectivity index (χ4n) is 3.48. The third kappa shape index (κ3) is 4.83. The maximum Gasteiger partial charge on any atom is 0.227 e. The molecule has 130 valence electrons. The molecule has 24 heavy (non-hydrogen) atoms. The topological polar surface area (TPSA) is 58.2 Å². The number of anilines is 1. The van der Waals surface area contributed by atoms with Gasteiger partial charge in [0.15, 0.2) is 0 Å². The Hall–Kier alpha value is -1.84. The average molecular weight is 328 g/mol. The molecule has 4 heteroatoms. The molecule has 1 unspecified atom stereocenters. The molecule has 2 N–H and O–H groups in total. The van der Waals surface area contributed by atoms with E-state index in [9.17, 15) is 9.59 Å². The smallest absolute Gasteiger partial charge is 0.227 e. The van der Waals surface area contributed by atoms with Gasteiger partial charge in [-0.05, 0) is 56.2 Å². The molecule has 0 saturated heterocycles. The quantitative estimate of drug-likeness (QED) is 0.823. The molecule has 2 fully saturated rings. The van der Waals surface area contributed by atoms with Crippen LogP contribution in [0.1, 0.15) is 69.9 Å². The van der Waals surface area contributed by atoms with E-state index in [1.54, 1.807) is 0 Å². The van der Waals surface area contributed by atoms with E-state index in [1.807, 2.05) is 31.2 Å². The molecule has 2 aliphatic rings. The summed E-state index contributed by atoms with van der Waals surface area (Å²) in [6.07, 6.45) is 8.90. The summed E-state index contributed by atoms with van der Waals surface area (Å²) in [5.41, 5.74) is 1.90. The highest BCUT2D eigenvalue weighted by Gasteiger charge is 2.29. The first-order valence-electron chi connectivity index (χ1n) is 9.32. The van der Waals surface area contributed by atoms with Crippen LogP contribution in [0.3, 0.4) is 0 Å². The standard InChI is InChI=1S/C20H28N2O2/c1-14(21-19(23)13-15-5-3-2-4-6-15)16-9-11-18(12-10-16)22-20(24)17-7-8-17/h9-12,14-15,17H,2-8,13H2,1H3,(H,21,23)(H,22,24). The highest BCUT2D eigenvalue weighted by atomic mass is 16.2. The van der Waals surface area contributed by atoms with Crippen molar-refractivity contribution < 1.29 is 9.59 Å². The van der Waals surface area contributed by atoms with Crippen molar-refractivity contribution in [3.8, 4) is 0 Å². The van der Waals surface area contributed by atoms with Gasteiger partial charge in [-0.1, -0.05) is 31.4 Å². The van der Waals surface area contributed by atoms with Crippen LogP contribution in [0.15, 0.2) is 24.3 Å². The Bertz CT molecular complexity index is 572. The lowest BCUT2D eigenvalue weighted by Gasteiger charge is -2.22. The molecular formula is C20H28N2O2. The minimum Gasteiger partial charge on any atom is -0.350 e. The number of rotatable bonds is 6. The van der Waals surface area contributed by atoms with Crippen molar-refractivity contribution in [3.63, 3.8) is 0 Å². The van der Waals surface area contributed by atoms with Gasteiger partial charge in [-0.2, -0.15) is 0 Å². The number of nitrogens with one attached hydrogen (secondary N) is 2. The molecule has 2 amide bonds. The Kier molecular flexibility index (Phi) is 5.54. The Morgan fingerprint density at radius 3 is 2.33 bits per heavy atom. The average Bonchev–Trinajstić information content (AvgIpc) is 3.41. The van der Waals surface area contributed by atoms with E-state index >= 15 is 0 Å². The third-order valence-electron chi connectivity index (χ3n) is 5.20. The lowest BCUT2D eigenvalue weighted by molar-refractivity contribution is -0.123. The molecule has 0 aliphatic heterocycles. The van der Waals surface area contributed by atoms with Crippen molar-refractivity contribution in [2.45, 2.75) is 64.3 Å². The predicted molar refractivity (Wildman–Crippen MR) is 95.5 cm³/mol. The van der Waals surface area contributed by atoms with Crippen molar-refractivity contribution in [1.82, 2.24) is 5.32 Å². The van der Waals surface area contributed by atoms with E-state index in [2.05, 4.69) is 10.6 Å². The summed E-state index contributed by atoms with van der Waals surface area (Å²) in [6.45, 7) is 2.01. The fraction of sp³-hybridized carbons (Fsp3) is 0.600. The van der Waals surface area contributed by atoms with Crippen LogP contribution in [-0.4, -0.2) is 11.8 Å². The van der Waals surface area contributed by atoms with Gasteiger partial charge in [-0.15, -0.1) is 0 Å². The first-order chi connectivity index (χ1) is 11.6. The molecule has 0 radical (unpaired) electrons. The molecule has 0 spiro atoms. The summed E-state index contributed by atoms with van der Waals surface area (Å²) in [5, 5.41) is 6.04. The maximum absolute atomic E-state index is 12.2. The van der Waals surface area contributed by atoms with E-state index in [0.717, 1.165) is 24.1 Å². The normalized spacial score (nSPS) is 19.5. The molecule has 1 atom stereocenters. The highest BCUT2D eigenvalue weighted by Crippen LogP contribution is 2.30. The summed E-state index contributed by atoms with van der Waals surface area (Å²) in [6, 6.07) is 7.79. The molecule has 3 rings (SSSR count). The Morgan fingerprint density at radius 1 is 1.04 bits per heavy atom. The lowest BCUT2D eigenvalue weighted by Crippen LogP contribution is -2.28. The lowest BCUT2D eigenvalue weighted by atomic mass is 9.87. The first-order valence-corrected chi connectivity index (χ1v) is 9.32. The van der Waals surface area contributed by atoms with Gasteiger partial charge in [0.1, 0.15) is 0 Å². The Balaban J connectivity index is 1.47. The number of amides is 2. The maximum atomic E-state index is 12.2. The summed E-state index contributed by atoms with van der Waals surface area (Å²) < 4.78 is 0. The number of benzene rings is 1. The molecule has 0 heterocycles. The molecular weight excluding hydrogens is 300 g/mol. The second-order valence-corrected chi connectivity index (χ2v) is 7.38. The van der Waals surface area contributed by atoms with E-state index < -0.39 is 0 Å². The Morgan fingerprint density at radius 2 is 1.71 bits per heavy atom. The fourth-order valence-corrected chi connectivity index (χ4v) is 3.48. The minimum atomic E-state index is -0.00530. The van der Waals surface area contributed by atoms with Gasteiger partial charge in [0, 0.05) is 18.0 Å². The number of hydrogen-bond acceptors (Lipinski definition) is 2. The summed E-state index contributed by atoms with van der Waals surface area (Å²) in [5.74, 6) is 1.05. The van der Waals surface area contributed by atoms with Gasteiger partial charge in [0.05, 0.1) is 6.04 Å². The minimum absolute atomic E-state index is 0.00530. The monoisotopic (exact) mass is 328 g/mol. The first kappa shape index (κ1) is 17.0. The van der Waals surface area contributed by atoms with Crippen molar-refractivity contribution in [3.05, 3.63) is 29.8 Å². The zero-order valence-corrected chi connectivity index (χ0v) is 14.5. The molecule has 0 bridgehead atoms. The van der Waals surface area contributed by atoms with Crippen molar-refractivity contribution in [1.29, 1.82) is 0 Å². The van der Waals surface area contributed by atoms with Gasteiger partial charge in [0.2, 0.25) is 11.8 Å². The molecule has 0 aromatic heterocycles. The van der Waals surface area contributed by atoms with Gasteiger partial charge in [0.25, 0.3) is 0 Å². The highest BCUT2D eigenvalue weighted by molar-refractivity contribution is 5.94. The molecule has 1 aromatic rings. The van der Waals surface area contributed by atoms with Gasteiger partial charge in [-0.25, -0.2) is 0 Å². The van der Waals surface area contributed by atoms with E-state index in [0.29, 0.717) is 12.3 Å². The molecule has 2 aliphatic carbocycles. The van der Waals surface area contributed by atoms with Gasteiger partial charge >= 0.3 is 0 Å². The number of carbonyl (C=O) groups is 2. The van der Waals surface area contributed by atoms with E-state index in [1.165, 1.54) is 32.1 Å². The molecule has 2 saturated carbocycles. The number of carbonyl (C=O) groups excluding carboxylic acids is 2. The second kappa shape index (κ2) is 7.82. The van der Waals surface area contributed by atoms with Crippen LogP contribution < -0.4 is 10.6 Å². The van der Waals surface area contributed by atoms with Crippen molar-refractivity contribution in [2.75, 3.05) is 5.32 Å². The van der Waals surface area contributed by atoms with Crippen LogP contribution in [0.5, 0.6) is 0 Å². The number of hydrogen-bond donors (Lipinski definition) is 2. The zero-order valence-electron chi connectivity index (χ0n) is 14.5. The van der Waals surface area contributed by atoms with Crippen LogP contribution in [-0.2, 0) is 9.59 Å². The van der Waals surface area contributed by atoms with Crippen LogP contribution >= 0.6 is 0 Å². The van der Waals surface area contributed by atoms with Gasteiger partial charge < -0.3 is 10.6 Å². The summed E-state index contributed by atoms with van der Waals surface area (Å²) >= 11 is 0. The third-order valence-corrected chi connectivity index (χ3v) is 5.20. The summed E-state index contributed by atoms with van der Waals surface area (Å²) in [7, 11) is 0. The summed E-state index contributed by atoms with van der Waals surface area (Å²) in [4.78, 5) is 24.0. The van der Waals surface area contributed by atoms with E-state index in [4.69, 9.17) is 0 Å². The van der Waals surface area contributed by atoms with Crippen molar-refractivity contribution >= 4 is 17.5 Å². The second-order valence-electron chi connectivity index (χ2n) is 7.38. The predicted octanol–water partition coefficient (Wildman–Crippen LogP) is 4.18. The van der Waals surface area contributed by atoms with Crippen LogP contribution in [0.4, 0.5) is 5.69 Å². The van der Waals surface area contributed by atoms with Crippen LogP contribution in [0.2, 0.25) is 0 Å². The van der Waals surface area contributed by atoms with Crippen molar-refractivity contribution in [2.24, 2.45) is 11.8 Å². The molecule has 4 nitrogen and oxygen atoms in total.